The van der Waals surface area contributed by atoms with Gasteiger partial charge in [-0.3, -0.25) is 9.69 Å². The first-order valence-corrected chi connectivity index (χ1v) is 9.36. The fourth-order valence-electron chi connectivity index (χ4n) is 3.38. The molecule has 0 radical (unpaired) electrons. The van der Waals surface area contributed by atoms with E-state index in [1.54, 1.807) is 0 Å². The summed E-state index contributed by atoms with van der Waals surface area (Å²) in [6, 6.07) is 15.4. The standard InChI is InChI=1S/C21H25N3O3/c1-23-9-11-24(12-10-23)14-16-5-4-6-17(13-16)22-21(25)20-15-26-18-7-2-3-8-19(18)27-20/h2-8,13,20H,9-12,14-15H2,1H3,(H,22,25)/t20-/m0/s1. The number of amides is 1. The highest BCUT2D eigenvalue weighted by atomic mass is 16.6. The quantitative estimate of drug-likeness (QED) is 0.898. The van der Waals surface area contributed by atoms with Gasteiger partial charge in [0.15, 0.2) is 11.5 Å². The summed E-state index contributed by atoms with van der Waals surface area (Å²) < 4.78 is 11.4. The summed E-state index contributed by atoms with van der Waals surface area (Å²) >= 11 is 0. The van der Waals surface area contributed by atoms with E-state index in [1.165, 1.54) is 5.56 Å². The number of anilines is 1. The summed E-state index contributed by atoms with van der Waals surface area (Å²) in [7, 11) is 2.16. The normalized spacial score (nSPS) is 20.3. The summed E-state index contributed by atoms with van der Waals surface area (Å²) in [5.74, 6) is 1.09. The Kier molecular flexibility index (Phi) is 5.27. The van der Waals surface area contributed by atoms with Crippen molar-refractivity contribution in [2.24, 2.45) is 0 Å². The minimum absolute atomic E-state index is 0.193. The van der Waals surface area contributed by atoms with Gasteiger partial charge in [-0.1, -0.05) is 24.3 Å². The van der Waals surface area contributed by atoms with Gasteiger partial charge in [-0.25, -0.2) is 0 Å². The molecule has 2 aliphatic heterocycles. The van der Waals surface area contributed by atoms with Crippen LogP contribution >= 0.6 is 0 Å². The van der Waals surface area contributed by atoms with Gasteiger partial charge in [0.25, 0.3) is 5.91 Å². The molecule has 2 aliphatic rings. The lowest BCUT2D eigenvalue weighted by molar-refractivity contribution is -0.125. The van der Waals surface area contributed by atoms with Crippen molar-refractivity contribution in [1.29, 1.82) is 0 Å². The van der Waals surface area contributed by atoms with E-state index >= 15 is 0 Å². The van der Waals surface area contributed by atoms with E-state index < -0.39 is 6.10 Å². The SMILES string of the molecule is CN1CCN(Cc2cccc(NC(=O)[C@@H]3COc4ccccc4O3)c2)CC1. The van der Waals surface area contributed by atoms with E-state index in [0.29, 0.717) is 11.5 Å². The first-order chi connectivity index (χ1) is 13.2. The van der Waals surface area contributed by atoms with E-state index in [9.17, 15) is 4.79 Å². The number of hydrogen-bond acceptors (Lipinski definition) is 5. The number of carbonyl (C=O) groups excluding carboxylic acids is 1. The largest absolute Gasteiger partial charge is 0.485 e. The van der Waals surface area contributed by atoms with Crippen LogP contribution in [-0.2, 0) is 11.3 Å². The lowest BCUT2D eigenvalue weighted by Crippen LogP contribution is -2.43. The van der Waals surface area contributed by atoms with Crippen molar-refractivity contribution in [3.8, 4) is 11.5 Å². The van der Waals surface area contributed by atoms with Crippen molar-refractivity contribution in [2.45, 2.75) is 12.6 Å². The summed E-state index contributed by atoms with van der Waals surface area (Å²) in [6.07, 6.45) is -0.652. The average Bonchev–Trinajstić information content (AvgIpc) is 2.69. The summed E-state index contributed by atoms with van der Waals surface area (Å²) in [4.78, 5) is 17.4. The molecule has 1 amide bonds. The van der Waals surface area contributed by atoms with Gasteiger partial charge in [0.2, 0.25) is 6.10 Å². The zero-order valence-electron chi connectivity index (χ0n) is 15.6. The smallest absolute Gasteiger partial charge is 0.269 e. The van der Waals surface area contributed by atoms with Crippen LogP contribution in [-0.4, -0.2) is 61.6 Å². The van der Waals surface area contributed by atoms with Crippen LogP contribution in [0, 0.1) is 0 Å². The Morgan fingerprint density at radius 2 is 1.85 bits per heavy atom. The molecule has 6 heteroatoms. The lowest BCUT2D eigenvalue weighted by atomic mass is 10.1. The van der Waals surface area contributed by atoms with E-state index in [1.807, 2.05) is 42.5 Å². The van der Waals surface area contributed by atoms with E-state index in [-0.39, 0.29) is 12.5 Å². The number of ether oxygens (including phenoxy) is 2. The van der Waals surface area contributed by atoms with Crippen LogP contribution in [0.1, 0.15) is 5.56 Å². The number of para-hydroxylation sites is 2. The third kappa shape index (κ3) is 4.40. The van der Waals surface area contributed by atoms with Crippen LogP contribution in [0.4, 0.5) is 5.69 Å². The lowest BCUT2D eigenvalue weighted by Gasteiger charge is -2.32. The molecule has 0 saturated carbocycles. The van der Waals surface area contributed by atoms with Crippen LogP contribution < -0.4 is 14.8 Å². The van der Waals surface area contributed by atoms with Gasteiger partial charge in [0.1, 0.15) is 6.61 Å². The maximum Gasteiger partial charge on any atom is 0.269 e. The molecule has 2 aromatic carbocycles. The van der Waals surface area contributed by atoms with E-state index in [0.717, 1.165) is 38.4 Å². The van der Waals surface area contributed by atoms with Gasteiger partial charge >= 0.3 is 0 Å². The highest BCUT2D eigenvalue weighted by molar-refractivity contribution is 5.94. The molecule has 0 unspecified atom stereocenters. The zero-order chi connectivity index (χ0) is 18.6. The Hall–Kier alpha value is -2.57. The van der Waals surface area contributed by atoms with Crippen molar-refractivity contribution < 1.29 is 14.3 Å². The van der Waals surface area contributed by atoms with Gasteiger partial charge in [0.05, 0.1) is 0 Å². The Bertz CT molecular complexity index is 803. The van der Waals surface area contributed by atoms with Gasteiger partial charge in [0, 0.05) is 38.4 Å². The van der Waals surface area contributed by atoms with Crippen LogP contribution in [0.15, 0.2) is 48.5 Å². The molecule has 1 saturated heterocycles. The molecule has 1 N–H and O–H groups in total. The molecule has 0 aliphatic carbocycles. The summed E-state index contributed by atoms with van der Waals surface area (Å²) in [6.45, 7) is 5.44. The summed E-state index contributed by atoms with van der Waals surface area (Å²) in [5.41, 5.74) is 1.98. The van der Waals surface area contributed by atoms with Crippen molar-refractivity contribution in [3.63, 3.8) is 0 Å². The molecule has 0 aromatic heterocycles. The highest BCUT2D eigenvalue weighted by Gasteiger charge is 2.27. The number of likely N-dealkylation sites (N-methyl/N-ethyl adjacent to an activating group) is 1. The average molecular weight is 367 g/mol. The second-order valence-corrected chi connectivity index (χ2v) is 7.13. The van der Waals surface area contributed by atoms with Crippen LogP contribution in [0.25, 0.3) is 0 Å². The van der Waals surface area contributed by atoms with Crippen molar-refractivity contribution >= 4 is 11.6 Å². The third-order valence-electron chi connectivity index (χ3n) is 5.00. The molecule has 4 rings (SSSR count). The molecule has 27 heavy (non-hydrogen) atoms. The number of nitrogens with zero attached hydrogens (tertiary/aromatic N) is 2. The molecule has 1 atom stereocenters. The van der Waals surface area contributed by atoms with Crippen LogP contribution in [0.3, 0.4) is 0 Å². The third-order valence-corrected chi connectivity index (χ3v) is 5.00. The molecular formula is C21H25N3O3. The van der Waals surface area contributed by atoms with Crippen LogP contribution in [0.2, 0.25) is 0 Å². The number of piperazine rings is 1. The fraction of sp³-hybridized carbons (Fsp3) is 0.381. The zero-order valence-corrected chi connectivity index (χ0v) is 15.6. The Balaban J connectivity index is 1.36. The van der Waals surface area contributed by atoms with Gasteiger partial charge in [-0.15, -0.1) is 0 Å². The number of hydrogen-bond donors (Lipinski definition) is 1. The van der Waals surface area contributed by atoms with Gasteiger partial charge in [-0.05, 0) is 36.9 Å². The number of benzene rings is 2. The monoisotopic (exact) mass is 367 g/mol. The summed E-state index contributed by atoms with van der Waals surface area (Å²) in [5, 5.41) is 2.96. The first kappa shape index (κ1) is 17.8. The minimum atomic E-state index is -0.652. The predicted octanol–water partition coefficient (Wildman–Crippen LogP) is 2.21. The van der Waals surface area contributed by atoms with Crippen molar-refractivity contribution in [1.82, 2.24) is 9.80 Å². The number of rotatable bonds is 4. The first-order valence-electron chi connectivity index (χ1n) is 9.36. The highest BCUT2D eigenvalue weighted by Crippen LogP contribution is 2.31. The van der Waals surface area contributed by atoms with Gasteiger partial charge < -0.3 is 19.7 Å². The molecule has 0 bridgehead atoms. The van der Waals surface area contributed by atoms with Crippen molar-refractivity contribution in [3.05, 3.63) is 54.1 Å². The molecular weight excluding hydrogens is 342 g/mol. The van der Waals surface area contributed by atoms with E-state index in [2.05, 4.69) is 28.2 Å². The molecule has 1 fully saturated rings. The molecule has 2 aromatic rings. The van der Waals surface area contributed by atoms with Crippen molar-refractivity contribution in [2.75, 3.05) is 45.2 Å². The number of fused-ring (bicyclic) bond motifs is 1. The van der Waals surface area contributed by atoms with Gasteiger partial charge in [-0.2, -0.15) is 0 Å². The number of carbonyl (C=O) groups is 1. The maximum absolute atomic E-state index is 12.6. The van der Waals surface area contributed by atoms with E-state index in [4.69, 9.17) is 9.47 Å². The number of nitrogens with one attached hydrogen (secondary N) is 1. The predicted molar refractivity (Wildman–Crippen MR) is 104 cm³/mol. The van der Waals surface area contributed by atoms with Crippen LogP contribution in [0.5, 0.6) is 11.5 Å². The molecule has 2 heterocycles. The molecule has 6 nitrogen and oxygen atoms in total. The molecule has 142 valence electrons. The molecule has 0 spiro atoms. The maximum atomic E-state index is 12.6. The Morgan fingerprint density at radius 3 is 2.67 bits per heavy atom. The Labute approximate surface area is 159 Å². The minimum Gasteiger partial charge on any atom is -0.485 e. The second-order valence-electron chi connectivity index (χ2n) is 7.13. The topological polar surface area (TPSA) is 54.0 Å². The second kappa shape index (κ2) is 7.98. The fourth-order valence-corrected chi connectivity index (χ4v) is 3.38. The Morgan fingerprint density at radius 1 is 1.07 bits per heavy atom.